The summed E-state index contributed by atoms with van der Waals surface area (Å²) in [6.45, 7) is 9.74. The Morgan fingerprint density at radius 2 is 1.80 bits per heavy atom. The fraction of sp³-hybridized carbons (Fsp3) is 0.333. The first-order valence-corrected chi connectivity index (χ1v) is 10.4. The van der Waals surface area contributed by atoms with E-state index in [0.29, 0.717) is 19.0 Å². The smallest absolute Gasteiger partial charge is 0.191 e. The van der Waals surface area contributed by atoms with E-state index in [2.05, 4.69) is 40.9 Å². The average Bonchev–Trinajstić information content (AvgIpc) is 3.08. The highest BCUT2D eigenvalue weighted by Gasteiger charge is 2.10. The summed E-state index contributed by atoms with van der Waals surface area (Å²) in [6.07, 6.45) is -0.601. The molecule has 0 amide bonds. The Labute approximate surface area is 178 Å². The predicted octanol–water partition coefficient (Wildman–Crippen LogP) is 3.59. The van der Waals surface area contributed by atoms with Crippen LogP contribution >= 0.6 is 0 Å². The minimum absolute atomic E-state index is 0.383. The molecular weight excluding hydrogens is 374 g/mol. The monoisotopic (exact) mass is 405 g/mol. The third-order valence-electron chi connectivity index (χ3n) is 4.91. The molecule has 6 heteroatoms. The number of para-hydroxylation sites is 1. The third kappa shape index (κ3) is 5.48. The molecular formula is C24H31N5O. The number of benzene rings is 2. The predicted molar refractivity (Wildman–Crippen MR) is 122 cm³/mol. The summed E-state index contributed by atoms with van der Waals surface area (Å²) >= 11 is 0. The molecule has 3 N–H and O–H groups in total. The van der Waals surface area contributed by atoms with Crippen LogP contribution in [-0.4, -0.2) is 33.9 Å². The van der Waals surface area contributed by atoms with E-state index in [0.717, 1.165) is 34.7 Å². The van der Waals surface area contributed by atoms with E-state index < -0.39 is 6.10 Å². The van der Waals surface area contributed by atoms with E-state index in [1.54, 1.807) is 0 Å². The number of rotatable bonds is 7. The second kappa shape index (κ2) is 10.1. The quantitative estimate of drug-likeness (QED) is 0.415. The Balaban J connectivity index is 1.72. The van der Waals surface area contributed by atoms with Gasteiger partial charge >= 0.3 is 0 Å². The fourth-order valence-electron chi connectivity index (χ4n) is 3.33. The Kier molecular flexibility index (Phi) is 7.25. The van der Waals surface area contributed by atoms with Gasteiger partial charge in [0.15, 0.2) is 5.96 Å². The number of aliphatic hydroxyl groups is 1. The second-order valence-corrected chi connectivity index (χ2v) is 7.47. The van der Waals surface area contributed by atoms with Crippen molar-refractivity contribution in [2.24, 2.45) is 4.99 Å². The summed E-state index contributed by atoms with van der Waals surface area (Å²) in [6, 6.07) is 18.2. The molecule has 1 atom stereocenters. The van der Waals surface area contributed by atoms with E-state index >= 15 is 0 Å². The zero-order chi connectivity index (χ0) is 21.5. The van der Waals surface area contributed by atoms with Gasteiger partial charge in [-0.25, -0.2) is 9.67 Å². The number of nitrogens with one attached hydrogen (secondary N) is 2. The first-order valence-electron chi connectivity index (χ1n) is 10.4. The summed E-state index contributed by atoms with van der Waals surface area (Å²) in [5, 5.41) is 21.6. The van der Waals surface area contributed by atoms with Crippen molar-refractivity contribution in [1.82, 2.24) is 20.4 Å². The van der Waals surface area contributed by atoms with Crippen LogP contribution < -0.4 is 10.6 Å². The maximum absolute atomic E-state index is 10.5. The van der Waals surface area contributed by atoms with Crippen molar-refractivity contribution < 1.29 is 5.11 Å². The first kappa shape index (κ1) is 21.6. The van der Waals surface area contributed by atoms with Crippen LogP contribution in [0.2, 0.25) is 0 Å². The van der Waals surface area contributed by atoms with Crippen LogP contribution in [0.1, 0.15) is 41.1 Å². The van der Waals surface area contributed by atoms with Crippen LogP contribution in [0.25, 0.3) is 5.69 Å². The molecule has 0 bridgehead atoms. The van der Waals surface area contributed by atoms with Crippen LogP contribution in [0.15, 0.2) is 59.6 Å². The maximum Gasteiger partial charge on any atom is 0.191 e. The summed E-state index contributed by atoms with van der Waals surface area (Å²) in [4.78, 5) is 4.73. The number of aryl methyl sites for hydroxylation is 3. The average molecular weight is 406 g/mol. The van der Waals surface area contributed by atoms with E-state index in [4.69, 9.17) is 4.99 Å². The van der Waals surface area contributed by atoms with Gasteiger partial charge in [0, 0.05) is 18.8 Å². The summed E-state index contributed by atoms with van der Waals surface area (Å²) in [5.41, 5.74) is 6.26. The van der Waals surface area contributed by atoms with Gasteiger partial charge in [-0.2, -0.15) is 5.10 Å². The van der Waals surface area contributed by atoms with Gasteiger partial charge in [-0.3, -0.25) is 0 Å². The van der Waals surface area contributed by atoms with Crippen molar-refractivity contribution in [1.29, 1.82) is 0 Å². The first-order chi connectivity index (χ1) is 14.5. The fourth-order valence-corrected chi connectivity index (χ4v) is 3.33. The molecule has 1 aromatic heterocycles. The van der Waals surface area contributed by atoms with Crippen LogP contribution in [-0.2, 0) is 6.54 Å². The zero-order valence-electron chi connectivity index (χ0n) is 18.2. The minimum atomic E-state index is -0.601. The molecule has 0 saturated carbocycles. The standard InChI is InChI=1S/C24H31N5O/c1-5-25-24(27-16-23(30)20-12-10-17(2)11-13-20)26-15-21-8-6-7-9-22(21)29-19(4)14-18(3)28-29/h6-14,23,30H,5,15-16H2,1-4H3,(H2,25,26,27). The highest BCUT2D eigenvalue weighted by atomic mass is 16.3. The molecule has 3 rings (SSSR count). The molecule has 0 aliphatic heterocycles. The van der Waals surface area contributed by atoms with Crippen LogP contribution in [0.4, 0.5) is 0 Å². The molecule has 0 fully saturated rings. The SMILES string of the molecule is CCNC(=NCc1ccccc1-n1nc(C)cc1C)NCC(O)c1ccc(C)cc1. The highest BCUT2D eigenvalue weighted by molar-refractivity contribution is 5.79. The molecule has 30 heavy (non-hydrogen) atoms. The molecule has 0 aliphatic rings. The molecule has 2 aromatic carbocycles. The lowest BCUT2D eigenvalue weighted by Gasteiger charge is -2.16. The van der Waals surface area contributed by atoms with Crippen molar-refractivity contribution in [3.8, 4) is 5.69 Å². The number of hydrogen-bond donors (Lipinski definition) is 3. The van der Waals surface area contributed by atoms with Crippen molar-refractivity contribution in [3.05, 3.63) is 82.7 Å². The number of aromatic nitrogens is 2. The lowest BCUT2D eigenvalue weighted by Crippen LogP contribution is -2.39. The Hall–Kier alpha value is -3.12. The molecule has 3 aromatic rings. The largest absolute Gasteiger partial charge is 0.387 e. The van der Waals surface area contributed by atoms with Gasteiger partial charge in [0.05, 0.1) is 24.0 Å². The number of hydrogen-bond acceptors (Lipinski definition) is 3. The summed E-state index contributed by atoms with van der Waals surface area (Å²) < 4.78 is 1.96. The lowest BCUT2D eigenvalue weighted by atomic mass is 10.1. The lowest BCUT2D eigenvalue weighted by molar-refractivity contribution is 0.181. The summed E-state index contributed by atoms with van der Waals surface area (Å²) in [5.74, 6) is 0.673. The van der Waals surface area contributed by atoms with Crippen molar-refractivity contribution in [2.75, 3.05) is 13.1 Å². The number of nitrogens with zero attached hydrogens (tertiary/aromatic N) is 3. The molecule has 158 valence electrons. The zero-order valence-corrected chi connectivity index (χ0v) is 18.2. The third-order valence-corrected chi connectivity index (χ3v) is 4.91. The molecule has 0 spiro atoms. The van der Waals surface area contributed by atoms with Gasteiger partial charge in [-0.05, 0) is 51.0 Å². The Bertz CT molecular complexity index is 991. The van der Waals surface area contributed by atoms with E-state index in [1.165, 1.54) is 5.56 Å². The minimum Gasteiger partial charge on any atom is -0.387 e. The van der Waals surface area contributed by atoms with Crippen LogP contribution in [0, 0.1) is 20.8 Å². The normalized spacial score (nSPS) is 12.6. The summed E-state index contributed by atoms with van der Waals surface area (Å²) in [7, 11) is 0. The Morgan fingerprint density at radius 3 is 2.47 bits per heavy atom. The van der Waals surface area contributed by atoms with Gasteiger partial charge in [-0.1, -0.05) is 48.0 Å². The van der Waals surface area contributed by atoms with Crippen molar-refractivity contribution in [3.63, 3.8) is 0 Å². The second-order valence-electron chi connectivity index (χ2n) is 7.47. The Morgan fingerprint density at radius 1 is 1.07 bits per heavy atom. The molecule has 0 radical (unpaired) electrons. The van der Waals surface area contributed by atoms with Gasteiger partial charge in [0.1, 0.15) is 0 Å². The maximum atomic E-state index is 10.5. The number of aliphatic imine (C=N–C) groups is 1. The molecule has 1 heterocycles. The van der Waals surface area contributed by atoms with E-state index in [9.17, 15) is 5.11 Å². The molecule has 0 aliphatic carbocycles. The highest BCUT2D eigenvalue weighted by Crippen LogP contribution is 2.18. The molecule has 1 unspecified atom stereocenters. The topological polar surface area (TPSA) is 74.5 Å². The van der Waals surface area contributed by atoms with E-state index in [1.807, 2.05) is 61.9 Å². The van der Waals surface area contributed by atoms with Gasteiger partial charge in [0.2, 0.25) is 0 Å². The van der Waals surface area contributed by atoms with Crippen LogP contribution in [0.5, 0.6) is 0 Å². The van der Waals surface area contributed by atoms with Gasteiger partial charge in [0.25, 0.3) is 0 Å². The number of guanidine groups is 1. The van der Waals surface area contributed by atoms with E-state index in [-0.39, 0.29) is 0 Å². The van der Waals surface area contributed by atoms with Crippen LogP contribution in [0.3, 0.4) is 0 Å². The molecule has 0 saturated heterocycles. The van der Waals surface area contributed by atoms with Gasteiger partial charge < -0.3 is 15.7 Å². The van der Waals surface area contributed by atoms with Crippen molar-refractivity contribution in [2.45, 2.75) is 40.3 Å². The molecule has 6 nitrogen and oxygen atoms in total. The van der Waals surface area contributed by atoms with Gasteiger partial charge in [-0.15, -0.1) is 0 Å². The van der Waals surface area contributed by atoms with Crippen molar-refractivity contribution >= 4 is 5.96 Å². The number of aliphatic hydroxyl groups excluding tert-OH is 1.